The number of esters is 1. The number of aromatic hydroxyl groups is 5. The fraction of sp³-hybridized carbons (Fsp3) is 0.167. The van der Waals surface area contributed by atoms with Gasteiger partial charge in [-0.25, -0.2) is 0 Å². The lowest BCUT2D eigenvalue weighted by Gasteiger charge is -2.18. The number of rotatable bonds is 5. The van der Waals surface area contributed by atoms with Crippen LogP contribution in [0.25, 0.3) is 22.3 Å². The van der Waals surface area contributed by atoms with Crippen LogP contribution in [0.1, 0.15) is 29.4 Å². The largest absolute Gasteiger partial charge is 0.507 e. The molecule has 176 valence electrons. The molecule has 0 aliphatic rings. The summed E-state index contributed by atoms with van der Waals surface area (Å²) in [6, 6.07) is 7.59. The molecule has 34 heavy (non-hydrogen) atoms. The molecule has 10 heteroatoms. The molecule has 2 aromatic carbocycles. The molecule has 0 unspecified atom stereocenters. The zero-order valence-corrected chi connectivity index (χ0v) is 18.0. The summed E-state index contributed by atoms with van der Waals surface area (Å²) in [5.74, 6) is -4.26. The maximum atomic E-state index is 13.0. The van der Waals surface area contributed by atoms with Crippen LogP contribution >= 0.6 is 0 Å². The van der Waals surface area contributed by atoms with Gasteiger partial charge in [-0.2, -0.15) is 0 Å². The van der Waals surface area contributed by atoms with Crippen LogP contribution in [0.4, 0.5) is 0 Å². The molecule has 4 aromatic rings. The number of hydrogen-bond donors (Lipinski definition) is 5. The third kappa shape index (κ3) is 3.75. The summed E-state index contributed by atoms with van der Waals surface area (Å²) in [5.41, 5.74) is -1.37. The number of carbonyl (C=O) groups is 1. The fourth-order valence-electron chi connectivity index (χ4n) is 3.78. The minimum Gasteiger partial charge on any atom is -0.507 e. The Labute approximate surface area is 191 Å². The average Bonchev–Trinajstić information content (AvgIpc) is 3.22. The molecule has 4 rings (SSSR count). The molecule has 0 saturated carbocycles. The zero-order chi connectivity index (χ0) is 24.7. The van der Waals surface area contributed by atoms with Gasteiger partial charge in [-0.3, -0.25) is 9.59 Å². The summed E-state index contributed by atoms with van der Waals surface area (Å²) >= 11 is 0. The van der Waals surface area contributed by atoms with Gasteiger partial charge in [0, 0.05) is 17.2 Å². The Hall–Kier alpha value is -4.60. The van der Waals surface area contributed by atoms with E-state index in [-0.39, 0.29) is 28.9 Å². The van der Waals surface area contributed by atoms with Crippen LogP contribution in [0.3, 0.4) is 0 Å². The van der Waals surface area contributed by atoms with E-state index in [1.165, 1.54) is 13.2 Å². The van der Waals surface area contributed by atoms with Crippen molar-refractivity contribution in [3.63, 3.8) is 0 Å². The number of phenolic OH excluding ortho intramolecular Hbond substituents is 4. The topological polar surface area (TPSA) is 171 Å². The second kappa shape index (κ2) is 8.39. The molecular weight excluding hydrogens is 448 g/mol. The van der Waals surface area contributed by atoms with Gasteiger partial charge < -0.3 is 39.1 Å². The number of benzene rings is 2. The summed E-state index contributed by atoms with van der Waals surface area (Å²) in [4.78, 5) is 25.2. The van der Waals surface area contributed by atoms with Crippen molar-refractivity contribution in [1.82, 2.24) is 0 Å². The molecule has 0 fully saturated rings. The second-order valence-corrected chi connectivity index (χ2v) is 7.63. The lowest BCUT2D eigenvalue weighted by atomic mass is 9.90. The minimum atomic E-state index is -1.02. The van der Waals surface area contributed by atoms with Crippen molar-refractivity contribution in [2.75, 3.05) is 7.11 Å². The van der Waals surface area contributed by atoms with Gasteiger partial charge in [0.05, 0.1) is 19.4 Å². The Morgan fingerprint density at radius 3 is 2.29 bits per heavy atom. The maximum Gasteiger partial charge on any atom is 0.306 e. The fourth-order valence-corrected chi connectivity index (χ4v) is 3.78. The Morgan fingerprint density at radius 1 is 0.941 bits per heavy atom. The van der Waals surface area contributed by atoms with Gasteiger partial charge in [0.15, 0.2) is 17.3 Å². The highest BCUT2D eigenvalue weighted by molar-refractivity contribution is 5.92. The van der Waals surface area contributed by atoms with E-state index in [4.69, 9.17) is 13.6 Å². The lowest BCUT2D eigenvalue weighted by molar-refractivity contribution is -0.140. The summed E-state index contributed by atoms with van der Waals surface area (Å²) in [6.07, 6.45) is -0.309. The molecule has 2 aromatic heterocycles. The standard InChI is InChI=1S/C24H20O10/c1-10-3-6-17(33-10)12(8-18(29)32-2)19-15(27)9-16(28)20-21(30)22(31)23(34-24(19)20)11-4-5-13(25)14(26)7-11/h3-7,9,12,25-28,31H,8H2,1-2H3/t12-/m0/s1. The first-order valence-electron chi connectivity index (χ1n) is 10.0. The van der Waals surface area contributed by atoms with Crippen LogP contribution < -0.4 is 5.43 Å². The van der Waals surface area contributed by atoms with Gasteiger partial charge >= 0.3 is 5.97 Å². The first-order valence-corrected chi connectivity index (χ1v) is 10.0. The normalized spacial score (nSPS) is 12.1. The molecule has 1 atom stereocenters. The molecule has 2 heterocycles. The Balaban J connectivity index is 2.08. The highest BCUT2D eigenvalue weighted by atomic mass is 16.5. The van der Waals surface area contributed by atoms with E-state index in [0.717, 1.165) is 18.2 Å². The van der Waals surface area contributed by atoms with Gasteiger partial charge in [-0.1, -0.05) is 0 Å². The van der Waals surface area contributed by atoms with Crippen LogP contribution in [-0.4, -0.2) is 38.6 Å². The first-order chi connectivity index (χ1) is 16.1. The molecule has 0 radical (unpaired) electrons. The molecule has 0 bridgehead atoms. The quantitative estimate of drug-likeness (QED) is 0.215. The second-order valence-electron chi connectivity index (χ2n) is 7.63. The summed E-state index contributed by atoms with van der Waals surface area (Å²) in [5, 5.41) is 50.7. The van der Waals surface area contributed by atoms with Gasteiger partial charge in [0.2, 0.25) is 11.2 Å². The monoisotopic (exact) mass is 468 g/mol. The number of phenols is 4. The molecular formula is C24H20O10. The predicted octanol–water partition coefficient (Wildman–Crippen LogP) is 3.58. The van der Waals surface area contributed by atoms with Crippen LogP contribution in [0, 0.1) is 6.92 Å². The number of fused-ring (bicyclic) bond motifs is 1. The zero-order valence-electron chi connectivity index (χ0n) is 18.0. The maximum absolute atomic E-state index is 13.0. The molecule has 0 aliphatic heterocycles. The van der Waals surface area contributed by atoms with E-state index in [1.807, 2.05) is 0 Å². The van der Waals surface area contributed by atoms with E-state index in [1.54, 1.807) is 19.1 Å². The van der Waals surface area contributed by atoms with Crippen molar-refractivity contribution < 1.29 is 43.9 Å². The van der Waals surface area contributed by atoms with Gasteiger partial charge in [0.25, 0.3) is 0 Å². The molecule has 10 nitrogen and oxygen atoms in total. The van der Waals surface area contributed by atoms with E-state index >= 15 is 0 Å². The van der Waals surface area contributed by atoms with Gasteiger partial charge in [0.1, 0.15) is 34.0 Å². The van der Waals surface area contributed by atoms with E-state index in [9.17, 15) is 35.1 Å². The van der Waals surface area contributed by atoms with E-state index in [0.29, 0.717) is 5.76 Å². The molecule has 0 spiro atoms. The summed E-state index contributed by atoms with van der Waals surface area (Å²) in [6.45, 7) is 1.68. The lowest BCUT2D eigenvalue weighted by Crippen LogP contribution is -2.12. The Kier molecular flexibility index (Phi) is 5.58. The third-order valence-corrected chi connectivity index (χ3v) is 5.43. The molecule has 0 amide bonds. The van der Waals surface area contributed by atoms with Crippen molar-refractivity contribution >= 4 is 16.9 Å². The van der Waals surface area contributed by atoms with Crippen LogP contribution in [-0.2, 0) is 9.53 Å². The number of hydrogen-bond acceptors (Lipinski definition) is 10. The average molecular weight is 468 g/mol. The summed E-state index contributed by atoms with van der Waals surface area (Å²) in [7, 11) is 1.19. The third-order valence-electron chi connectivity index (χ3n) is 5.43. The molecule has 0 saturated heterocycles. The number of aryl methyl sites for hydroxylation is 1. The van der Waals surface area contributed by atoms with Crippen molar-refractivity contribution in [1.29, 1.82) is 0 Å². The minimum absolute atomic E-state index is 0.0268. The van der Waals surface area contributed by atoms with Gasteiger partial charge in [-0.15, -0.1) is 0 Å². The van der Waals surface area contributed by atoms with Crippen LogP contribution in [0.15, 0.2) is 50.0 Å². The summed E-state index contributed by atoms with van der Waals surface area (Å²) < 4.78 is 16.3. The predicted molar refractivity (Wildman–Crippen MR) is 118 cm³/mol. The van der Waals surface area contributed by atoms with Crippen molar-refractivity contribution in [3.8, 4) is 40.1 Å². The van der Waals surface area contributed by atoms with E-state index in [2.05, 4.69) is 0 Å². The Bertz CT molecular complexity index is 1480. The number of methoxy groups -OCH3 is 1. The SMILES string of the molecule is COC(=O)C[C@@H](c1ccc(C)o1)c1c(O)cc(O)c2c(=O)c(O)c(-c3ccc(O)c(O)c3)oc12. The molecule has 0 aliphatic carbocycles. The van der Waals surface area contributed by atoms with Crippen LogP contribution in [0.2, 0.25) is 0 Å². The highest BCUT2D eigenvalue weighted by Gasteiger charge is 2.31. The Morgan fingerprint density at radius 2 is 1.68 bits per heavy atom. The number of furan rings is 1. The highest BCUT2D eigenvalue weighted by Crippen LogP contribution is 2.45. The smallest absolute Gasteiger partial charge is 0.306 e. The number of carbonyl (C=O) groups excluding carboxylic acids is 1. The van der Waals surface area contributed by atoms with E-state index < -0.39 is 57.2 Å². The van der Waals surface area contributed by atoms with Gasteiger partial charge in [-0.05, 0) is 37.3 Å². The molecule has 5 N–H and O–H groups in total. The van der Waals surface area contributed by atoms with Crippen molar-refractivity contribution in [2.24, 2.45) is 0 Å². The van der Waals surface area contributed by atoms with Crippen LogP contribution in [0.5, 0.6) is 28.7 Å². The van der Waals surface area contributed by atoms with Crippen molar-refractivity contribution in [3.05, 3.63) is 63.7 Å². The van der Waals surface area contributed by atoms with Crippen molar-refractivity contribution in [2.45, 2.75) is 19.3 Å². The number of ether oxygens (including phenoxy) is 1. The first kappa shape index (κ1) is 22.6.